The molecule has 5 nitrogen and oxygen atoms in total. The van der Waals surface area contributed by atoms with Crippen molar-refractivity contribution in [2.24, 2.45) is 23.2 Å². The molecule has 3 fully saturated rings. The maximum absolute atomic E-state index is 12.5. The third-order valence-electron chi connectivity index (χ3n) is 5.73. The van der Waals surface area contributed by atoms with Crippen LogP contribution >= 0.6 is 0 Å². The van der Waals surface area contributed by atoms with E-state index < -0.39 is 11.5 Å². The van der Waals surface area contributed by atoms with Crippen LogP contribution in [-0.4, -0.2) is 33.3 Å². The molecule has 2 atom stereocenters. The lowest BCUT2D eigenvalue weighted by Gasteiger charge is -2.42. The van der Waals surface area contributed by atoms with Gasteiger partial charge in [0.1, 0.15) is 5.54 Å². The summed E-state index contributed by atoms with van der Waals surface area (Å²) in [5, 5.41) is 9.66. The van der Waals surface area contributed by atoms with Crippen LogP contribution in [0.25, 0.3) is 0 Å². The summed E-state index contributed by atoms with van der Waals surface area (Å²) < 4.78 is 0. The molecule has 0 aromatic rings. The number of carbonyl (C=O) groups is 3. The van der Waals surface area contributed by atoms with Gasteiger partial charge in [-0.05, 0) is 37.0 Å². The van der Waals surface area contributed by atoms with Gasteiger partial charge in [-0.2, -0.15) is 0 Å². The second-order valence-corrected chi connectivity index (χ2v) is 7.31. The third-order valence-corrected chi connectivity index (χ3v) is 5.73. The van der Waals surface area contributed by atoms with Crippen molar-refractivity contribution in [2.75, 3.05) is 0 Å². The number of carboxylic acids is 1. The average molecular weight is 279 g/mol. The van der Waals surface area contributed by atoms with Crippen LogP contribution in [0.15, 0.2) is 0 Å². The number of hydrogen-bond donors (Lipinski definition) is 1. The zero-order chi connectivity index (χ0) is 14.9. The van der Waals surface area contributed by atoms with Gasteiger partial charge in [-0.15, -0.1) is 0 Å². The third kappa shape index (κ3) is 1.46. The Morgan fingerprint density at radius 3 is 2.00 bits per heavy atom. The van der Waals surface area contributed by atoms with Gasteiger partial charge in [0, 0.05) is 0 Å². The van der Waals surface area contributed by atoms with Crippen LogP contribution in [-0.2, 0) is 14.4 Å². The Kier molecular flexibility index (Phi) is 2.60. The van der Waals surface area contributed by atoms with Crippen LogP contribution in [0.2, 0.25) is 0 Å². The van der Waals surface area contributed by atoms with Crippen molar-refractivity contribution in [1.82, 2.24) is 4.90 Å². The first-order valence-corrected chi connectivity index (χ1v) is 7.35. The van der Waals surface area contributed by atoms with Gasteiger partial charge < -0.3 is 5.11 Å². The molecule has 0 bridgehead atoms. The molecule has 2 amide bonds. The highest BCUT2D eigenvalue weighted by Crippen LogP contribution is 2.64. The molecule has 2 unspecified atom stereocenters. The van der Waals surface area contributed by atoms with Gasteiger partial charge in [0.2, 0.25) is 11.8 Å². The van der Waals surface area contributed by atoms with E-state index in [2.05, 4.69) is 6.92 Å². The lowest BCUT2D eigenvalue weighted by Crippen LogP contribution is -2.60. The molecule has 1 N–H and O–H groups in total. The highest BCUT2D eigenvalue weighted by atomic mass is 16.4. The Balaban J connectivity index is 1.93. The summed E-state index contributed by atoms with van der Waals surface area (Å²) in [5.41, 5.74) is -1.57. The lowest BCUT2D eigenvalue weighted by atomic mass is 9.75. The molecule has 0 radical (unpaired) electrons. The van der Waals surface area contributed by atoms with Crippen LogP contribution in [0.3, 0.4) is 0 Å². The molecule has 0 aromatic carbocycles. The number of likely N-dealkylation sites (tertiary alicyclic amines) is 1. The summed E-state index contributed by atoms with van der Waals surface area (Å²) in [4.78, 5) is 37.9. The van der Waals surface area contributed by atoms with E-state index in [0.29, 0.717) is 18.8 Å². The van der Waals surface area contributed by atoms with Gasteiger partial charge in [0.05, 0.1) is 11.8 Å². The van der Waals surface area contributed by atoms with E-state index in [9.17, 15) is 19.5 Å². The molecule has 5 heteroatoms. The molecule has 3 rings (SSSR count). The molecule has 1 heterocycles. The SMILES string of the molecule is CC1CCC(C(=O)O)(N2C(=O)C3C(C2=O)C3(C)C)CC1. The quantitative estimate of drug-likeness (QED) is 0.780. The Bertz CT molecular complexity index is 478. The molecular weight excluding hydrogens is 258 g/mol. The van der Waals surface area contributed by atoms with Crippen LogP contribution in [0, 0.1) is 23.2 Å². The molecule has 1 saturated heterocycles. The number of imide groups is 1. The summed E-state index contributed by atoms with van der Waals surface area (Å²) in [5.74, 6) is -1.69. The number of carbonyl (C=O) groups excluding carboxylic acids is 2. The number of fused-ring (bicyclic) bond motifs is 1. The van der Waals surface area contributed by atoms with E-state index in [4.69, 9.17) is 0 Å². The Labute approximate surface area is 118 Å². The van der Waals surface area contributed by atoms with Crippen LogP contribution in [0.1, 0.15) is 46.5 Å². The van der Waals surface area contributed by atoms with Crippen LogP contribution in [0.5, 0.6) is 0 Å². The first-order chi connectivity index (χ1) is 9.23. The van der Waals surface area contributed by atoms with Gasteiger partial charge in [-0.25, -0.2) is 4.79 Å². The van der Waals surface area contributed by atoms with E-state index in [-0.39, 0.29) is 29.1 Å². The zero-order valence-corrected chi connectivity index (χ0v) is 12.2. The van der Waals surface area contributed by atoms with Crippen LogP contribution < -0.4 is 0 Å². The van der Waals surface area contributed by atoms with Gasteiger partial charge in [0.25, 0.3) is 0 Å². The molecule has 2 saturated carbocycles. The Morgan fingerprint density at radius 2 is 1.60 bits per heavy atom. The van der Waals surface area contributed by atoms with Crippen molar-refractivity contribution in [1.29, 1.82) is 0 Å². The molecule has 1 aliphatic heterocycles. The average Bonchev–Trinajstić information content (AvgIpc) is 2.81. The van der Waals surface area contributed by atoms with Crippen LogP contribution in [0.4, 0.5) is 0 Å². The molecule has 2 aliphatic carbocycles. The summed E-state index contributed by atoms with van der Waals surface area (Å²) in [7, 11) is 0. The minimum atomic E-state index is -1.29. The Hall–Kier alpha value is -1.39. The van der Waals surface area contributed by atoms with Gasteiger partial charge >= 0.3 is 5.97 Å². The van der Waals surface area contributed by atoms with Gasteiger partial charge in [-0.3, -0.25) is 14.5 Å². The number of hydrogen-bond acceptors (Lipinski definition) is 3. The largest absolute Gasteiger partial charge is 0.479 e. The first kappa shape index (κ1) is 13.6. The van der Waals surface area contributed by atoms with E-state index in [1.165, 1.54) is 0 Å². The second kappa shape index (κ2) is 3.83. The molecule has 0 aromatic heterocycles. The normalized spacial score (nSPS) is 42.5. The lowest BCUT2D eigenvalue weighted by molar-refractivity contribution is -0.168. The zero-order valence-electron chi connectivity index (χ0n) is 12.2. The Morgan fingerprint density at radius 1 is 1.15 bits per heavy atom. The van der Waals surface area contributed by atoms with E-state index >= 15 is 0 Å². The predicted molar refractivity (Wildman–Crippen MR) is 70.6 cm³/mol. The van der Waals surface area contributed by atoms with Crippen molar-refractivity contribution in [3.05, 3.63) is 0 Å². The van der Waals surface area contributed by atoms with Crippen molar-refractivity contribution in [3.63, 3.8) is 0 Å². The monoisotopic (exact) mass is 279 g/mol. The van der Waals surface area contributed by atoms with Gasteiger partial charge in [-0.1, -0.05) is 20.8 Å². The molecule has 110 valence electrons. The van der Waals surface area contributed by atoms with Crippen molar-refractivity contribution in [2.45, 2.75) is 52.0 Å². The van der Waals surface area contributed by atoms with Crippen molar-refractivity contribution >= 4 is 17.8 Å². The fourth-order valence-electron chi connectivity index (χ4n) is 4.14. The standard InChI is InChI=1S/C15H21NO4/c1-8-4-6-15(7-5-8,13(19)20)16-11(17)9-10(12(16)18)14(9,2)3/h8-10H,4-7H2,1-3H3,(H,19,20). The smallest absolute Gasteiger partial charge is 0.330 e. The number of nitrogens with zero attached hydrogens (tertiary/aromatic N) is 1. The number of piperidine rings is 1. The summed E-state index contributed by atoms with van der Waals surface area (Å²) in [6.45, 7) is 5.90. The maximum Gasteiger partial charge on any atom is 0.330 e. The topological polar surface area (TPSA) is 74.7 Å². The van der Waals surface area contributed by atoms with E-state index in [0.717, 1.165) is 17.7 Å². The molecular formula is C15H21NO4. The molecule has 20 heavy (non-hydrogen) atoms. The number of carboxylic acid groups (broad SMARTS) is 1. The maximum atomic E-state index is 12.5. The second-order valence-electron chi connectivity index (χ2n) is 7.31. The highest BCUT2D eigenvalue weighted by Gasteiger charge is 2.75. The molecule has 0 spiro atoms. The van der Waals surface area contributed by atoms with Crippen molar-refractivity contribution in [3.8, 4) is 0 Å². The minimum Gasteiger partial charge on any atom is -0.479 e. The number of amides is 2. The fourth-order valence-corrected chi connectivity index (χ4v) is 4.14. The van der Waals surface area contributed by atoms with E-state index in [1.54, 1.807) is 0 Å². The summed E-state index contributed by atoms with van der Waals surface area (Å²) in [6.07, 6.45) is 2.28. The van der Waals surface area contributed by atoms with Gasteiger partial charge in [0.15, 0.2) is 0 Å². The van der Waals surface area contributed by atoms with Crippen molar-refractivity contribution < 1.29 is 19.5 Å². The predicted octanol–water partition coefficient (Wildman–Crippen LogP) is 1.66. The fraction of sp³-hybridized carbons (Fsp3) is 0.800. The number of aliphatic carboxylic acids is 1. The summed E-state index contributed by atoms with van der Waals surface area (Å²) in [6, 6.07) is 0. The number of rotatable bonds is 2. The van der Waals surface area contributed by atoms with E-state index in [1.807, 2.05) is 13.8 Å². The first-order valence-electron chi connectivity index (χ1n) is 7.35. The highest BCUT2D eigenvalue weighted by molar-refractivity contribution is 6.13. The molecule has 3 aliphatic rings. The minimum absolute atomic E-state index is 0.262. The summed E-state index contributed by atoms with van der Waals surface area (Å²) >= 11 is 0.